The normalized spacial score (nSPS) is 19.8. The highest BCUT2D eigenvalue weighted by atomic mass is 19.1. The molecule has 0 saturated carbocycles. The number of carbonyl (C=O) groups excluding carboxylic acids is 2. The molecule has 1 fully saturated rings. The predicted octanol–water partition coefficient (Wildman–Crippen LogP) is 4.45. The van der Waals surface area contributed by atoms with Crippen molar-refractivity contribution in [2.75, 3.05) is 13.1 Å². The molecule has 30 heavy (non-hydrogen) atoms. The number of imide groups is 1. The molecular formula is C25H27FN2O2. The molecule has 0 aliphatic carbocycles. The molecule has 0 aromatic heterocycles. The van der Waals surface area contributed by atoms with Crippen LogP contribution in [0.15, 0.2) is 48.2 Å². The Kier molecular flexibility index (Phi) is 5.46. The number of aryl methyl sites for hydroxylation is 2. The minimum Gasteiger partial charge on any atom is -0.366 e. The van der Waals surface area contributed by atoms with Gasteiger partial charge in [0.2, 0.25) is 0 Å². The van der Waals surface area contributed by atoms with Crippen LogP contribution in [0.1, 0.15) is 42.0 Å². The molecule has 2 heterocycles. The third-order valence-electron chi connectivity index (χ3n) is 6.20. The number of nitrogens with zero attached hydrogens (tertiary/aromatic N) is 2. The Morgan fingerprint density at radius 2 is 1.80 bits per heavy atom. The van der Waals surface area contributed by atoms with Crippen molar-refractivity contribution in [1.29, 1.82) is 0 Å². The second kappa shape index (κ2) is 8.05. The fourth-order valence-electron chi connectivity index (χ4n) is 4.35. The van der Waals surface area contributed by atoms with Crippen LogP contribution in [0, 0.1) is 25.6 Å². The lowest BCUT2D eigenvalue weighted by Crippen LogP contribution is -2.39. The molecule has 0 radical (unpaired) electrons. The highest BCUT2D eigenvalue weighted by Crippen LogP contribution is 2.35. The molecule has 1 unspecified atom stereocenters. The second-order valence-electron chi connectivity index (χ2n) is 8.50. The van der Waals surface area contributed by atoms with Gasteiger partial charge >= 0.3 is 0 Å². The van der Waals surface area contributed by atoms with Crippen molar-refractivity contribution in [2.45, 2.75) is 40.2 Å². The Morgan fingerprint density at radius 1 is 1.03 bits per heavy atom. The van der Waals surface area contributed by atoms with Crippen LogP contribution in [0.4, 0.5) is 4.39 Å². The Morgan fingerprint density at radius 3 is 2.50 bits per heavy atom. The first-order chi connectivity index (χ1) is 14.4. The number of piperidine rings is 1. The van der Waals surface area contributed by atoms with Crippen molar-refractivity contribution >= 4 is 17.4 Å². The average Bonchev–Trinajstić information content (AvgIpc) is 2.96. The van der Waals surface area contributed by atoms with Gasteiger partial charge < -0.3 is 4.90 Å². The van der Waals surface area contributed by atoms with Gasteiger partial charge in [-0.3, -0.25) is 14.5 Å². The molecule has 0 N–H and O–H groups in total. The summed E-state index contributed by atoms with van der Waals surface area (Å²) in [5.41, 5.74) is 4.19. The summed E-state index contributed by atoms with van der Waals surface area (Å²) in [5, 5.41) is 0. The Labute approximate surface area is 177 Å². The zero-order valence-electron chi connectivity index (χ0n) is 17.7. The van der Waals surface area contributed by atoms with Gasteiger partial charge in [0.1, 0.15) is 11.5 Å². The number of amides is 2. The van der Waals surface area contributed by atoms with E-state index < -0.39 is 5.82 Å². The maximum atomic E-state index is 14.2. The maximum absolute atomic E-state index is 14.2. The van der Waals surface area contributed by atoms with Crippen LogP contribution in [-0.2, 0) is 16.1 Å². The van der Waals surface area contributed by atoms with Crippen molar-refractivity contribution < 1.29 is 14.0 Å². The van der Waals surface area contributed by atoms with E-state index >= 15 is 0 Å². The SMILES string of the molecule is Cc1ccc(C2=C(N3CCCC(C)C3)C(=O)N(Cc3ccccc3F)C2=O)cc1C. The van der Waals surface area contributed by atoms with E-state index in [2.05, 4.69) is 11.8 Å². The average molecular weight is 407 g/mol. The quantitative estimate of drug-likeness (QED) is 0.704. The van der Waals surface area contributed by atoms with Gasteiger partial charge in [0.25, 0.3) is 11.8 Å². The van der Waals surface area contributed by atoms with Gasteiger partial charge in [0.05, 0.1) is 12.1 Å². The zero-order valence-corrected chi connectivity index (χ0v) is 17.7. The summed E-state index contributed by atoms with van der Waals surface area (Å²) in [6.07, 6.45) is 2.10. The van der Waals surface area contributed by atoms with Crippen molar-refractivity contribution in [2.24, 2.45) is 5.92 Å². The molecule has 4 rings (SSSR count). The third-order valence-corrected chi connectivity index (χ3v) is 6.20. The van der Waals surface area contributed by atoms with Crippen LogP contribution in [-0.4, -0.2) is 34.7 Å². The summed E-state index contributed by atoms with van der Waals surface area (Å²) in [7, 11) is 0. The fraction of sp³-hybridized carbons (Fsp3) is 0.360. The van der Waals surface area contributed by atoms with Gasteiger partial charge in [-0.05, 0) is 55.4 Å². The van der Waals surface area contributed by atoms with E-state index in [1.807, 2.05) is 32.0 Å². The standard InChI is InChI=1S/C25H27FN2O2/c1-16-7-6-12-27(14-16)23-22(19-11-10-17(2)18(3)13-19)24(29)28(25(23)30)15-20-8-4-5-9-21(20)26/h4-5,8-11,13,16H,6-7,12,14-15H2,1-3H3. The molecule has 1 atom stereocenters. The summed E-state index contributed by atoms with van der Waals surface area (Å²) in [6.45, 7) is 7.62. The van der Waals surface area contributed by atoms with Gasteiger partial charge in [-0.25, -0.2) is 4.39 Å². The minimum atomic E-state index is -0.411. The van der Waals surface area contributed by atoms with Crippen molar-refractivity contribution in [1.82, 2.24) is 9.80 Å². The number of halogens is 1. The highest BCUT2D eigenvalue weighted by Gasteiger charge is 2.42. The van der Waals surface area contributed by atoms with Crippen molar-refractivity contribution in [3.63, 3.8) is 0 Å². The molecule has 2 aliphatic rings. The molecular weight excluding hydrogens is 379 g/mol. The number of benzene rings is 2. The number of likely N-dealkylation sites (tertiary alicyclic amines) is 1. The lowest BCUT2D eigenvalue weighted by molar-refractivity contribution is -0.138. The first-order valence-electron chi connectivity index (χ1n) is 10.5. The summed E-state index contributed by atoms with van der Waals surface area (Å²) < 4.78 is 14.2. The molecule has 5 heteroatoms. The zero-order chi connectivity index (χ0) is 21.4. The maximum Gasteiger partial charge on any atom is 0.278 e. The van der Waals surface area contributed by atoms with E-state index in [0.29, 0.717) is 22.8 Å². The van der Waals surface area contributed by atoms with Gasteiger partial charge in [0.15, 0.2) is 0 Å². The number of hydrogen-bond acceptors (Lipinski definition) is 3. The van der Waals surface area contributed by atoms with Crippen LogP contribution < -0.4 is 0 Å². The van der Waals surface area contributed by atoms with Crippen LogP contribution in [0.3, 0.4) is 0 Å². The van der Waals surface area contributed by atoms with E-state index in [0.717, 1.165) is 42.6 Å². The molecule has 156 valence electrons. The number of hydrogen-bond donors (Lipinski definition) is 0. The summed E-state index contributed by atoms with van der Waals surface area (Å²) >= 11 is 0. The van der Waals surface area contributed by atoms with Crippen LogP contribution in [0.5, 0.6) is 0 Å². The summed E-state index contributed by atoms with van der Waals surface area (Å²) in [4.78, 5) is 30.2. The first kappa shape index (κ1) is 20.3. The molecule has 2 aromatic rings. The first-order valence-corrected chi connectivity index (χ1v) is 10.5. The van der Waals surface area contributed by atoms with E-state index in [1.54, 1.807) is 18.2 Å². The second-order valence-corrected chi connectivity index (χ2v) is 8.50. The van der Waals surface area contributed by atoms with Gasteiger partial charge in [0, 0.05) is 18.7 Å². The molecule has 0 bridgehead atoms. The monoisotopic (exact) mass is 406 g/mol. The number of rotatable bonds is 4. The smallest absolute Gasteiger partial charge is 0.278 e. The molecule has 2 amide bonds. The largest absolute Gasteiger partial charge is 0.366 e. The van der Waals surface area contributed by atoms with Gasteiger partial charge in [-0.1, -0.05) is 43.3 Å². The van der Waals surface area contributed by atoms with Crippen LogP contribution in [0.25, 0.3) is 5.57 Å². The molecule has 2 aliphatic heterocycles. The Balaban J connectivity index is 1.78. The lowest BCUT2D eigenvalue weighted by Gasteiger charge is -2.33. The Hall–Kier alpha value is -2.95. The Bertz CT molecular complexity index is 1040. The molecule has 4 nitrogen and oxygen atoms in total. The molecule has 0 spiro atoms. The topological polar surface area (TPSA) is 40.6 Å². The summed E-state index contributed by atoms with van der Waals surface area (Å²) in [5.74, 6) is -0.632. The lowest BCUT2D eigenvalue weighted by atomic mass is 9.96. The van der Waals surface area contributed by atoms with Crippen LogP contribution in [0.2, 0.25) is 0 Å². The molecule has 2 aromatic carbocycles. The molecule has 1 saturated heterocycles. The summed E-state index contributed by atoms with van der Waals surface area (Å²) in [6, 6.07) is 12.1. The van der Waals surface area contributed by atoms with Crippen LogP contribution >= 0.6 is 0 Å². The highest BCUT2D eigenvalue weighted by molar-refractivity contribution is 6.35. The van der Waals surface area contributed by atoms with E-state index in [9.17, 15) is 14.0 Å². The van der Waals surface area contributed by atoms with E-state index in [1.165, 1.54) is 11.0 Å². The fourth-order valence-corrected chi connectivity index (χ4v) is 4.35. The van der Waals surface area contributed by atoms with Crippen molar-refractivity contribution in [3.05, 3.63) is 76.2 Å². The van der Waals surface area contributed by atoms with Crippen molar-refractivity contribution in [3.8, 4) is 0 Å². The number of carbonyl (C=O) groups is 2. The van der Waals surface area contributed by atoms with Gasteiger partial charge in [-0.2, -0.15) is 0 Å². The third kappa shape index (κ3) is 3.64. The minimum absolute atomic E-state index is 0.0639. The van der Waals surface area contributed by atoms with Gasteiger partial charge in [-0.15, -0.1) is 0 Å². The van der Waals surface area contributed by atoms with E-state index in [-0.39, 0.29) is 18.4 Å². The van der Waals surface area contributed by atoms with E-state index in [4.69, 9.17) is 0 Å². The predicted molar refractivity (Wildman–Crippen MR) is 115 cm³/mol.